The molecule has 0 aromatic carbocycles. The van der Waals surface area contributed by atoms with E-state index in [9.17, 15) is 4.79 Å². The van der Waals surface area contributed by atoms with Gasteiger partial charge in [0.05, 0.1) is 6.54 Å². The molecule has 1 rings (SSSR count). The second-order valence-electron chi connectivity index (χ2n) is 5.95. The standard InChI is InChI=1S/C17H32N6O.HI/c1-6-18-17(21(5)14-16(24)22(7-2)8-3)19-12-15(4)13-23-11-9-10-20-23;/h9-11,15H,6-8,12-14H2,1-5H3,(H,18,19);1H. The first-order chi connectivity index (χ1) is 11.5. The Labute approximate surface area is 168 Å². The fourth-order valence-electron chi connectivity index (χ4n) is 2.45. The third kappa shape index (κ3) is 8.55. The number of halogens is 1. The Bertz CT molecular complexity index is 501. The molecule has 0 aliphatic rings. The molecule has 8 heteroatoms. The van der Waals surface area contributed by atoms with Crippen molar-refractivity contribution in [2.75, 3.05) is 39.8 Å². The molecule has 1 heterocycles. The first-order valence-corrected chi connectivity index (χ1v) is 8.76. The molecule has 1 atom stereocenters. The van der Waals surface area contributed by atoms with Crippen molar-refractivity contribution >= 4 is 35.8 Å². The first-order valence-electron chi connectivity index (χ1n) is 8.76. The molecule has 1 aromatic heterocycles. The molecule has 144 valence electrons. The van der Waals surface area contributed by atoms with Crippen molar-refractivity contribution in [1.82, 2.24) is 24.9 Å². The van der Waals surface area contributed by atoms with Crippen LogP contribution in [0.5, 0.6) is 0 Å². The van der Waals surface area contributed by atoms with Crippen LogP contribution >= 0.6 is 24.0 Å². The van der Waals surface area contributed by atoms with Gasteiger partial charge in [-0.15, -0.1) is 24.0 Å². The fraction of sp³-hybridized carbons (Fsp3) is 0.706. The molecular weight excluding hydrogens is 431 g/mol. The van der Waals surface area contributed by atoms with E-state index in [2.05, 4.69) is 22.3 Å². The zero-order valence-corrected chi connectivity index (χ0v) is 18.4. The molecule has 7 nitrogen and oxygen atoms in total. The summed E-state index contributed by atoms with van der Waals surface area (Å²) in [5.74, 6) is 1.26. The lowest BCUT2D eigenvalue weighted by atomic mass is 10.2. The van der Waals surface area contributed by atoms with Gasteiger partial charge in [-0.1, -0.05) is 6.92 Å². The van der Waals surface area contributed by atoms with Crippen molar-refractivity contribution in [3.63, 3.8) is 0 Å². The third-order valence-corrected chi connectivity index (χ3v) is 3.80. The maximum absolute atomic E-state index is 12.3. The van der Waals surface area contributed by atoms with E-state index in [0.717, 1.165) is 32.1 Å². The van der Waals surface area contributed by atoms with Gasteiger partial charge in [0, 0.05) is 52.2 Å². The van der Waals surface area contributed by atoms with Gasteiger partial charge < -0.3 is 15.1 Å². The number of carbonyl (C=O) groups excluding carboxylic acids is 1. The van der Waals surface area contributed by atoms with Gasteiger partial charge in [-0.3, -0.25) is 14.5 Å². The number of guanidine groups is 1. The minimum absolute atomic E-state index is 0. The smallest absolute Gasteiger partial charge is 0.242 e. The summed E-state index contributed by atoms with van der Waals surface area (Å²) in [6.07, 6.45) is 3.74. The van der Waals surface area contributed by atoms with Crippen LogP contribution in [0.15, 0.2) is 23.5 Å². The topological polar surface area (TPSA) is 65.8 Å². The lowest BCUT2D eigenvalue weighted by Gasteiger charge is -2.26. The van der Waals surface area contributed by atoms with Crippen LogP contribution in [0.4, 0.5) is 0 Å². The Morgan fingerprint density at radius 1 is 1.32 bits per heavy atom. The monoisotopic (exact) mass is 464 g/mol. The van der Waals surface area contributed by atoms with Crippen LogP contribution in [0.2, 0.25) is 0 Å². The van der Waals surface area contributed by atoms with Crippen molar-refractivity contribution in [2.24, 2.45) is 10.9 Å². The lowest BCUT2D eigenvalue weighted by molar-refractivity contribution is -0.131. The number of aliphatic imine (C=N–C) groups is 1. The summed E-state index contributed by atoms with van der Waals surface area (Å²) in [7, 11) is 1.90. The highest BCUT2D eigenvalue weighted by Crippen LogP contribution is 2.01. The maximum atomic E-state index is 12.3. The number of aromatic nitrogens is 2. The van der Waals surface area contributed by atoms with E-state index >= 15 is 0 Å². The Balaban J connectivity index is 0.00000576. The van der Waals surface area contributed by atoms with Crippen molar-refractivity contribution in [1.29, 1.82) is 0 Å². The van der Waals surface area contributed by atoms with Crippen molar-refractivity contribution in [2.45, 2.75) is 34.2 Å². The molecule has 1 N–H and O–H groups in total. The molecule has 1 unspecified atom stereocenters. The second kappa shape index (κ2) is 13.0. The van der Waals surface area contributed by atoms with Crippen molar-refractivity contribution in [3.8, 4) is 0 Å². The van der Waals surface area contributed by atoms with E-state index in [1.807, 2.05) is 54.6 Å². The Morgan fingerprint density at radius 2 is 2.00 bits per heavy atom. The van der Waals surface area contributed by atoms with E-state index in [4.69, 9.17) is 0 Å². The molecule has 0 saturated heterocycles. The summed E-state index contributed by atoms with van der Waals surface area (Å²) < 4.78 is 1.92. The highest BCUT2D eigenvalue weighted by atomic mass is 127. The minimum Gasteiger partial charge on any atom is -0.357 e. The van der Waals surface area contributed by atoms with Crippen LogP contribution in [0.1, 0.15) is 27.7 Å². The van der Waals surface area contributed by atoms with Crippen LogP contribution in [0, 0.1) is 5.92 Å². The molecule has 0 aliphatic heterocycles. The van der Waals surface area contributed by atoms with E-state index in [1.165, 1.54) is 0 Å². The lowest BCUT2D eigenvalue weighted by Crippen LogP contribution is -2.45. The van der Waals surface area contributed by atoms with Gasteiger partial charge in [0.1, 0.15) is 0 Å². The van der Waals surface area contributed by atoms with Gasteiger partial charge in [-0.05, 0) is 32.8 Å². The number of hydrogen-bond donors (Lipinski definition) is 1. The van der Waals surface area contributed by atoms with E-state index in [0.29, 0.717) is 19.0 Å². The number of carbonyl (C=O) groups is 1. The molecule has 0 spiro atoms. The van der Waals surface area contributed by atoms with Crippen LogP contribution in [0.3, 0.4) is 0 Å². The number of hydrogen-bond acceptors (Lipinski definition) is 3. The molecular formula is C17H33IN6O. The molecule has 0 bridgehead atoms. The molecule has 1 aromatic rings. The van der Waals surface area contributed by atoms with E-state index in [1.54, 1.807) is 6.20 Å². The largest absolute Gasteiger partial charge is 0.357 e. The number of nitrogens with one attached hydrogen (secondary N) is 1. The number of nitrogens with zero attached hydrogens (tertiary/aromatic N) is 5. The highest BCUT2D eigenvalue weighted by Gasteiger charge is 2.15. The number of likely N-dealkylation sites (N-methyl/N-ethyl adjacent to an activating group) is 2. The summed E-state index contributed by atoms with van der Waals surface area (Å²) in [5, 5.41) is 7.48. The summed E-state index contributed by atoms with van der Waals surface area (Å²) in [5.41, 5.74) is 0. The second-order valence-corrected chi connectivity index (χ2v) is 5.95. The maximum Gasteiger partial charge on any atom is 0.242 e. The zero-order chi connectivity index (χ0) is 17.9. The Morgan fingerprint density at radius 3 is 2.52 bits per heavy atom. The molecule has 0 radical (unpaired) electrons. The van der Waals surface area contributed by atoms with Gasteiger partial charge >= 0.3 is 0 Å². The number of amides is 1. The molecule has 0 aliphatic carbocycles. The molecule has 0 fully saturated rings. The SMILES string of the molecule is CCNC(=NCC(C)Cn1cccn1)N(C)CC(=O)N(CC)CC.I. The average Bonchev–Trinajstić information content (AvgIpc) is 3.05. The predicted molar refractivity (Wildman–Crippen MR) is 113 cm³/mol. The van der Waals surface area contributed by atoms with E-state index in [-0.39, 0.29) is 29.9 Å². The molecule has 25 heavy (non-hydrogen) atoms. The Hall–Kier alpha value is -1.32. The zero-order valence-electron chi connectivity index (χ0n) is 16.1. The van der Waals surface area contributed by atoms with Crippen LogP contribution < -0.4 is 5.32 Å². The third-order valence-electron chi connectivity index (χ3n) is 3.80. The number of rotatable bonds is 9. The van der Waals surface area contributed by atoms with Crippen LogP contribution in [-0.2, 0) is 11.3 Å². The normalized spacial score (nSPS) is 12.3. The van der Waals surface area contributed by atoms with Crippen molar-refractivity contribution in [3.05, 3.63) is 18.5 Å². The van der Waals surface area contributed by atoms with Gasteiger partial charge in [0.2, 0.25) is 5.91 Å². The van der Waals surface area contributed by atoms with Gasteiger partial charge in [0.15, 0.2) is 5.96 Å². The summed E-state index contributed by atoms with van der Waals surface area (Å²) >= 11 is 0. The molecule has 0 saturated carbocycles. The molecule has 1 amide bonds. The van der Waals surface area contributed by atoms with E-state index < -0.39 is 0 Å². The quantitative estimate of drug-likeness (QED) is 0.345. The predicted octanol–water partition coefficient (Wildman–Crippen LogP) is 1.90. The summed E-state index contributed by atoms with van der Waals surface area (Å²) in [4.78, 5) is 20.7. The van der Waals surface area contributed by atoms with Crippen LogP contribution in [0.25, 0.3) is 0 Å². The van der Waals surface area contributed by atoms with Gasteiger partial charge in [0.25, 0.3) is 0 Å². The van der Waals surface area contributed by atoms with Crippen molar-refractivity contribution < 1.29 is 4.79 Å². The summed E-state index contributed by atoms with van der Waals surface area (Å²) in [6.45, 7) is 12.3. The fourth-order valence-corrected chi connectivity index (χ4v) is 2.45. The average molecular weight is 464 g/mol. The van der Waals surface area contributed by atoms with Gasteiger partial charge in [-0.25, -0.2) is 0 Å². The minimum atomic E-state index is 0. The Kier molecular flexibility index (Phi) is 12.3. The highest BCUT2D eigenvalue weighted by molar-refractivity contribution is 14.0. The van der Waals surface area contributed by atoms with Gasteiger partial charge in [-0.2, -0.15) is 5.10 Å². The first kappa shape index (κ1) is 23.7. The van der Waals surface area contributed by atoms with Crippen LogP contribution in [-0.4, -0.2) is 71.2 Å². The summed E-state index contributed by atoms with van der Waals surface area (Å²) in [6, 6.07) is 1.92.